The third-order valence-electron chi connectivity index (χ3n) is 2.43. The maximum absolute atomic E-state index is 12.2. The molecule has 0 atom stereocenters. The summed E-state index contributed by atoms with van der Waals surface area (Å²) in [6, 6.07) is 8.92. The van der Waals surface area contributed by atoms with Crippen molar-refractivity contribution in [3.63, 3.8) is 0 Å². The molecule has 0 aromatic heterocycles. The van der Waals surface area contributed by atoms with Crippen molar-refractivity contribution in [3.8, 4) is 0 Å². The van der Waals surface area contributed by atoms with Crippen LogP contribution in [0.5, 0.6) is 0 Å². The summed E-state index contributed by atoms with van der Waals surface area (Å²) in [5.41, 5.74) is 0.0413. The summed E-state index contributed by atoms with van der Waals surface area (Å²) >= 11 is 0. The van der Waals surface area contributed by atoms with Gasteiger partial charge >= 0.3 is 5.97 Å². The first-order valence-corrected chi connectivity index (χ1v) is 6.39. The number of carbonyl (C=O) groups excluding carboxylic acids is 2. The highest BCUT2D eigenvalue weighted by Gasteiger charge is 2.21. The van der Waals surface area contributed by atoms with Gasteiger partial charge in [0.15, 0.2) is 0 Å². The predicted molar refractivity (Wildman–Crippen MR) is 73.9 cm³/mol. The molecule has 0 saturated heterocycles. The van der Waals surface area contributed by atoms with Crippen LogP contribution in [0.1, 0.15) is 38.1 Å². The Morgan fingerprint density at radius 1 is 1.16 bits per heavy atom. The number of ether oxygens (including phenoxy) is 1. The van der Waals surface area contributed by atoms with Crippen LogP contribution in [0.2, 0.25) is 0 Å². The lowest BCUT2D eigenvalue weighted by Crippen LogP contribution is -2.38. The van der Waals surface area contributed by atoms with Gasteiger partial charge in [-0.25, -0.2) is 0 Å². The van der Waals surface area contributed by atoms with E-state index in [-0.39, 0.29) is 12.5 Å². The first-order chi connectivity index (χ1) is 8.83. The van der Waals surface area contributed by atoms with Gasteiger partial charge in [-0.3, -0.25) is 9.59 Å². The zero-order valence-electron chi connectivity index (χ0n) is 12.0. The number of benzene rings is 1. The Morgan fingerprint density at radius 3 is 2.21 bits per heavy atom. The fraction of sp³-hybridized carbons (Fsp3) is 0.467. The van der Waals surface area contributed by atoms with Crippen LogP contribution in [0.15, 0.2) is 30.3 Å². The average Bonchev–Trinajstić information content (AvgIpc) is 2.34. The smallest absolute Gasteiger partial charge is 0.326 e. The Morgan fingerprint density at radius 2 is 1.74 bits per heavy atom. The molecule has 1 amide bonds. The molecule has 0 spiro atoms. The van der Waals surface area contributed by atoms with Gasteiger partial charge in [0.2, 0.25) is 0 Å². The maximum atomic E-state index is 12.2. The molecule has 104 valence electrons. The van der Waals surface area contributed by atoms with E-state index in [0.29, 0.717) is 12.1 Å². The molecule has 0 heterocycles. The van der Waals surface area contributed by atoms with Gasteiger partial charge < -0.3 is 9.64 Å². The summed E-state index contributed by atoms with van der Waals surface area (Å²) in [6.45, 7) is 7.69. The van der Waals surface area contributed by atoms with Crippen LogP contribution in [-0.4, -0.2) is 35.5 Å². The third-order valence-corrected chi connectivity index (χ3v) is 2.43. The first kappa shape index (κ1) is 15.2. The van der Waals surface area contributed by atoms with Gasteiger partial charge in [0.1, 0.15) is 12.1 Å². The topological polar surface area (TPSA) is 46.6 Å². The minimum atomic E-state index is -0.535. The molecule has 4 heteroatoms. The van der Waals surface area contributed by atoms with E-state index in [9.17, 15) is 9.59 Å². The molecule has 0 saturated carbocycles. The number of nitrogens with zero attached hydrogens (tertiary/aromatic N) is 1. The van der Waals surface area contributed by atoms with Crippen molar-refractivity contribution in [2.75, 3.05) is 13.1 Å². The second-order valence-electron chi connectivity index (χ2n) is 5.27. The van der Waals surface area contributed by atoms with Crippen LogP contribution in [0.4, 0.5) is 0 Å². The molecule has 0 radical (unpaired) electrons. The SMILES string of the molecule is CCN(CC(=O)OC(C)(C)C)C(=O)c1ccccc1. The first-order valence-electron chi connectivity index (χ1n) is 6.39. The zero-order valence-corrected chi connectivity index (χ0v) is 12.0. The third kappa shape index (κ3) is 5.12. The highest BCUT2D eigenvalue weighted by atomic mass is 16.6. The summed E-state index contributed by atoms with van der Waals surface area (Å²) in [5, 5.41) is 0. The molecular formula is C15H21NO3. The fourth-order valence-electron chi connectivity index (χ4n) is 1.62. The molecule has 1 aromatic rings. The summed E-state index contributed by atoms with van der Waals surface area (Å²) < 4.78 is 5.22. The van der Waals surface area contributed by atoms with E-state index in [4.69, 9.17) is 4.74 Å². The summed E-state index contributed by atoms with van der Waals surface area (Å²) in [7, 11) is 0. The molecule has 0 bridgehead atoms. The number of carbonyl (C=O) groups is 2. The molecule has 0 aliphatic heterocycles. The van der Waals surface area contributed by atoms with Crippen LogP contribution < -0.4 is 0 Å². The van der Waals surface area contributed by atoms with Crippen molar-refractivity contribution in [3.05, 3.63) is 35.9 Å². The molecular weight excluding hydrogens is 242 g/mol. The van der Waals surface area contributed by atoms with E-state index in [0.717, 1.165) is 0 Å². The summed E-state index contributed by atoms with van der Waals surface area (Å²) in [4.78, 5) is 25.4. The molecule has 0 aliphatic rings. The molecule has 0 fully saturated rings. The number of rotatable bonds is 4. The lowest BCUT2D eigenvalue weighted by atomic mass is 10.2. The van der Waals surface area contributed by atoms with Gasteiger partial charge in [-0.15, -0.1) is 0 Å². The summed E-state index contributed by atoms with van der Waals surface area (Å²) in [6.07, 6.45) is 0. The van der Waals surface area contributed by atoms with E-state index in [2.05, 4.69) is 0 Å². The van der Waals surface area contributed by atoms with Crippen LogP contribution in [0.3, 0.4) is 0 Å². The number of hydrogen-bond acceptors (Lipinski definition) is 3. The van der Waals surface area contributed by atoms with Gasteiger partial charge in [0.25, 0.3) is 5.91 Å². The van der Waals surface area contributed by atoms with Gasteiger partial charge in [-0.1, -0.05) is 18.2 Å². The highest BCUT2D eigenvalue weighted by Crippen LogP contribution is 2.09. The van der Waals surface area contributed by atoms with Crippen molar-refractivity contribution < 1.29 is 14.3 Å². The molecule has 0 N–H and O–H groups in total. The number of esters is 1. The van der Waals surface area contributed by atoms with Gasteiger partial charge in [-0.05, 0) is 39.8 Å². The van der Waals surface area contributed by atoms with Gasteiger partial charge in [-0.2, -0.15) is 0 Å². The van der Waals surface area contributed by atoms with E-state index in [1.165, 1.54) is 4.90 Å². The largest absolute Gasteiger partial charge is 0.459 e. The fourth-order valence-corrected chi connectivity index (χ4v) is 1.62. The lowest BCUT2D eigenvalue weighted by molar-refractivity contribution is -0.155. The van der Waals surface area contributed by atoms with Crippen molar-refractivity contribution in [1.82, 2.24) is 4.90 Å². The molecule has 1 aromatic carbocycles. The van der Waals surface area contributed by atoms with Crippen LogP contribution in [0.25, 0.3) is 0 Å². The van der Waals surface area contributed by atoms with Crippen molar-refractivity contribution in [1.29, 1.82) is 0 Å². The minimum absolute atomic E-state index is 0.0263. The Hall–Kier alpha value is -1.84. The Bertz CT molecular complexity index is 434. The minimum Gasteiger partial charge on any atom is -0.459 e. The molecule has 0 aliphatic carbocycles. The number of likely N-dealkylation sites (N-methyl/N-ethyl adjacent to an activating group) is 1. The average molecular weight is 263 g/mol. The van der Waals surface area contributed by atoms with Crippen molar-refractivity contribution in [2.24, 2.45) is 0 Å². The monoisotopic (exact) mass is 263 g/mol. The van der Waals surface area contributed by atoms with E-state index in [1.54, 1.807) is 45.0 Å². The van der Waals surface area contributed by atoms with E-state index < -0.39 is 11.6 Å². The van der Waals surface area contributed by atoms with Crippen LogP contribution >= 0.6 is 0 Å². The zero-order chi connectivity index (χ0) is 14.5. The quantitative estimate of drug-likeness (QED) is 0.784. The van der Waals surface area contributed by atoms with E-state index in [1.807, 2.05) is 13.0 Å². The second-order valence-corrected chi connectivity index (χ2v) is 5.27. The number of amides is 1. The second kappa shape index (κ2) is 6.36. The Balaban J connectivity index is 2.69. The molecule has 19 heavy (non-hydrogen) atoms. The molecule has 4 nitrogen and oxygen atoms in total. The Kier molecular flexibility index (Phi) is 5.10. The van der Waals surface area contributed by atoms with Crippen LogP contribution in [0, 0.1) is 0 Å². The number of hydrogen-bond donors (Lipinski definition) is 0. The van der Waals surface area contributed by atoms with Crippen molar-refractivity contribution >= 4 is 11.9 Å². The molecule has 1 rings (SSSR count). The van der Waals surface area contributed by atoms with Gasteiger partial charge in [0.05, 0.1) is 0 Å². The van der Waals surface area contributed by atoms with Crippen LogP contribution in [-0.2, 0) is 9.53 Å². The lowest BCUT2D eigenvalue weighted by Gasteiger charge is -2.24. The maximum Gasteiger partial charge on any atom is 0.326 e. The summed E-state index contributed by atoms with van der Waals surface area (Å²) in [5.74, 6) is -0.549. The van der Waals surface area contributed by atoms with Crippen molar-refractivity contribution in [2.45, 2.75) is 33.3 Å². The van der Waals surface area contributed by atoms with E-state index >= 15 is 0 Å². The molecule has 0 unspecified atom stereocenters. The normalized spacial score (nSPS) is 10.9. The van der Waals surface area contributed by atoms with Gasteiger partial charge in [0, 0.05) is 12.1 Å². The standard InChI is InChI=1S/C15H21NO3/c1-5-16(11-13(17)19-15(2,3)4)14(18)12-9-7-6-8-10-12/h6-10H,5,11H2,1-4H3. The predicted octanol–water partition coefficient (Wildman–Crippen LogP) is 2.49. The Labute approximate surface area is 114 Å². The highest BCUT2D eigenvalue weighted by molar-refractivity contribution is 5.95.